The van der Waals surface area contributed by atoms with Crippen molar-refractivity contribution in [1.29, 1.82) is 0 Å². The molecule has 1 aliphatic heterocycles. The molecule has 1 heterocycles. The zero-order valence-electron chi connectivity index (χ0n) is 6.31. The highest BCUT2D eigenvalue weighted by Gasteiger charge is 2.43. The minimum absolute atomic E-state index is 0.167. The molecule has 2 rings (SSSR count). The summed E-state index contributed by atoms with van der Waals surface area (Å²) in [7, 11) is 0. The lowest BCUT2D eigenvalue weighted by Gasteiger charge is -2.26. The van der Waals surface area contributed by atoms with Crippen molar-refractivity contribution in [2.24, 2.45) is 5.92 Å². The number of hydrogen-bond acceptors (Lipinski definition) is 1. The Hall–Kier alpha value is -0.530. The van der Waals surface area contributed by atoms with Crippen LogP contribution in [0.3, 0.4) is 0 Å². The van der Waals surface area contributed by atoms with E-state index in [-0.39, 0.29) is 5.54 Å². The summed E-state index contributed by atoms with van der Waals surface area (Å²) in [5.41, 5.74) is 0.167. The van der Waals surface area contributed by atoms with Crippen LogP contribution in [-0.4, -0.2) is 11.4 Å². The second-order valence-electron chi connectivity index (χ2n) is 3.84. The summed E-state index contributed by atoms with van der Waals surface area (Å²) in [6.07, 6.45) is 4.59. The summed E-state index contributed by atoms with van der Waals surface area (Å²) in [6, 6.07) is 0. The fraction of sp³-hybridized carbons (Fsp3) is 0.875. The first-order valence-corrected chi connectivity index (χ1v) is 4.02. The number of hydrogen-bond donors (Lipinski definition) is 1. The van der Waals surface area contributed by atoms with Crippen LogP contribution < -0.4 is 5.32 Å². The normalized spacial score (nSPS) is 45.3. The van der Waals surface area contributed by atoms with Crippen molar-refractivity contribution in [2.75, 3.05) is 0 Å². The largest absolute Gasteiger partial charge is 0.351 e. The molecule has 2 nitrogen and oxygen atoms in total. The second-order valence-corrected chi connectivity index (χ2v) is 3.84. The van der Waals surface area contributed by atoms with Gasteiger partial charge in [-0.05, 0) is 26.2 Å². The van der Waals surface area contributed by atoms with Crippen LogP contribution in [0.1, 0.15) is 32.6 Å². The van der Waals surface area contributed by atoms with Crippen LogP contribution in [0.25, 0.3) is 0 Å². The number of nitrogens with one attached hydrogen (secondary N) is 1. The van der Waals surface area contributed by atoms with Gasteiger partial charge < -0.3 is 5.32 Å². The highest BCUT2D eigenvalue weighted by atomic mass is 16.2. The van der Waals surface area contributed by atoms with E-state index in [1.807, 2.05) is 0 Å². The molecule has 0 aromatic rings. The van der Waals surface area contributed by atoms with Gasteiger partial charge in [0, 0.05) is 11.5 Å². The maximum absolute atomic E-state index is 11.1. The first-order chi connectivity index (χ1) is 4.70. The van der Waals surface area contributed by atoms with Crippen LogP contribution in [0.4, 0.5) is 0 Å². The van der Waals surface area contributed by atoms with Crippen LogP contribution in [0.5, 0.6) is 0 Å². The van der Waals surface area contributed by atoms with Crippen LogP contribution in [0.15, 0.2) is 0 Å². The summed E-state index contributed by atoms with van der Waals surface area (Å²) >= 11 is 0. The Kier molecular flexibility index (Phi) is 1.08. The predicted octanol–water partition coefficient (Wildman–Crippen LogP) is 1.07. The Morgan fingerprint density at radius 3 is 3.10 bits per heavy atom. The van der Waals surface area contributed by atoms with Crippen molar-refractivity contribution in [3.8, 4) is 0 Å². The molecule has 1 saturated carbocycles. The Labute approximate surface area is 61.0 Å². The molecule has 2 aliphatic rings. The van der Waals surface area contributed by atoms with Gasteiger partial charge in [0.2, 0.25) is 5.91 Å². The molecule has 2 fully saturated rings. The summed E-state index contributed by atoms with van der Waals surface area (Å²) in [4.78, 5) is 11.1. The number of carbonyl (C=O) groups is 1. The molecular formula is C8H13NO. The van der Waals surface area contributed by atoms with Crippen molar-refractivity contribution in [1.82, 2.24) is 5.32 Å². The van der Waals surface area contributed by atoms with Gasteiger partial charge >= 0.3 is 0 Å². The van der Waals surface area contributed by atoms with E-state index in [2.05, 4.69) is 12.2 Å². The van der Waals surface area contributed by atoms with Gasteiger partial charge in [-0.1, -0.05) is 6.42 Å². The third kappa shape index (κ3) is 0.746. The van der Waals surface area contributed by atoms with Crippen LogP contribution >= 0.6 is 0 Å². The molecule has 1 amide bonds. The van der Waals surface area contributed by atoms with Gasteiger partial charge in [0.05, 0.1) is 0 Å². The van der Waals surface area contributed by atoms with E-state index in [0.717, 1.165) is 12.8 Å². The van der Waals surface area contributed by atoms with Gasteiger partial charge in [-0.2, -0.15) is 0 Å². The molecule has 10 heavy (non-hydrogen) atoms. The molecule has 0 radical (unpaired) electrons. The van der Waals surface area contributed by atoms with Gasteiger partial charge in [0.25, 0.3) is 0 Å². The summed E-state index contributed by atoms with van der Waals surface area (Å²) in [5.74, 6) is 0.638. The number of carbonyl (C=O) groups excluding carboxylic acids is 1. The molecule has 0 aromatic heterocycles. The second kappa shape index (κ2) is 1.74. The molecule has 1 N–H and O–H groups in total. The topological polar surface area (TPSA) is 29.1 Å². The van der Waals surface area contributed by atoms with Gasteiger partial charge in [-0.3, -0.25) is 4.79 Å². The lowest BCUT2D eigenvalue weighted by molar-refractivity contribution is -0.122. The first-order valence-electron chi connectivity index (χ1n) is 4.02. The Morgan fingerprint density at radius 2 is 2.50 bits per heavy atom. The van der Waals surface area contributed by atoms with Crippen molar-refractivity contribution in [2.45, 2.75) is 38.1 Å². The van der Waals surface area contributed by atoms with Crippen LogP contribution in [0, 0.1) is 5.92 Å². The van der Waals surface area contributed by atoms with Gasteiger partial charge in [-0.25, -0.2) is 0 Å². The minimum atomic E-state index is 0.167. The Bertz CT molecular complexity index is 178. The van der Waals surface area contributed by atoms with Crippen molar-refractivity contribution >= 4 is 5.91 Å². The molecule has 2 bridgehead atoms. The molecular weight excluding hydrogens is 126 g/mol. The lowest BCUT2D eigenvalue weighted by atomic mass is 9.81. The first kappa shape index (κ1) is 6.20. The number of fused-ring (bicyclic) bond motifs is 2. The highest BCUT2D eigenvalue weighted by molar-refractivity contribution is 5.82. The summed E-state index contributed by atoms with van der Waals surface area (Å²) in [6.45, 7) is 2.16. The van der Waals surface area contributed by atoms with E-state index in [9.17, 15) is 4.79 Å². The zero-order valence-corrected chi connectivity index (χ0v) is 6.31. The van der Waals surface area contributed by atoms with Gasteiger partial charge in [-0.15, -0.1) is 0 Å². The third-order valence-electron chi connectivity index (χ3n) is 2.77. The lowest BCUT2D eigenvalue weighted by Crippen LogP contribution is -2.37. The van der Waals surface area contributed by atoms with E-state index in [1.165, 1.54) is 12.8 Å². The standard InChI is InChI=1S/C8H13NO/c1-8-4-2-3-6(5-8)7(10)9-8/h6H,2-5H2,1H3,(H,9,10)/t6-,8-/m1/s1. The number of rotatable bonds is 0. The van der Waals surface area contributed by atoms with Crippen molar-refractivity contribution < 1.29 is 4.79 Å². The predicted molar refractivity (Wildman–Crippen MR) is 38.5 cm³/mol. The Balaban J connectivity index is 2.23. The zero-order chi connectivity index (χ0) is 7.19. The molecule has 1 aliphatic carbocycles. The van der Waals surface area contributed by atoms with E-state index >= 15 is 0 Å². The SMILES string of the molecule is C[C@@]12CCC[C@H](C1)C(=O)N2. The monoisotopic (exact) mass is 139 g/mol. The van der Waals surface area contributed by atoms with Gasteiger partial charge in [0.15, 0.2) is 0 Å². The van der Waals surface area contributed by atoms with Crippen LogP contribution in [0.2, 0.25) is 0 Å². The maximum atomic E-state index is 11.1. The average molecular weight is 139 g/mol. The summed E-state index contributed by atoms with van der Waals surface area (Å²) in [5, 5.41) is 3.05. The fourth-order valence-electron chi connectivity index (χ4n) is 2.22. The average Bonchev–Trinajstić information content (AvgIpc) is 2.03. The van der Waals surface area contributed by atoms with Crippen molar-refractivity contribution in [3.63, 3.8) is 0 Å². The summed E-state index contributed by atoms with van der Waals surface area (Å²) < 4.78 is 0. The quantitative estimate of drug-likeness (QED) is 0.534. The van der Waals surface area contributed by atoms with E-state index in [0.29, 0.717) is 11.8 Å². The van der Waals surface area contributed by atoms with E-state index in [4.69, 9.17) is 0 Å². The van der Waals surface area contributed by atoms with Crippen molar-refractivity contribution in [3.05, 3.63) is 0 Å². The third-order valence-corrected chi connectivity index (χ3v) is 2.77. The molecule has 0 spiro atoms. The van der Waals surface area contributed by atoms with Gasteiger partial charge in [0.1, 0.15) is 0 Å². The molecule has 2 atom stereocenters. The fourth-order valence-corrected chi connectivity index (χ4v) is 2.22. The molecule has 56 valence electrons. The highest BCUT2D eigenvalue weighted by Crippen LogP contribution is 2.37. The van der Waals surface area contributed by atoms with E-state index < -0.39 is 0 Å². The smallest absolute Gasteiger partial charge is 0.223 e. The number of amides is 1. The molecule has 0 unspecified atom stereocenters. The molecule has 2 heteroatoms. The van der Waals surface area contributed by atoms with E-state index in [1.54, 1.807) is 0 Å². The minimum Gasteiger partial charge on any atom is -0.351 e. The van der Waals surface area contributed by atoms with Crippen LogP contribution in [-0.2, 0) is 4.79 Å². The maximum Gasteiger partial charge on any atom is 0.223 e. The molecule has 1 saturated heterocycles. The molecule has 0 aromatic carbocycles. The Morgan fingerprint density at radius 1 is 1.70 bits per heavy atom.